The van der Waals surface area contributed by atoms with Crippen LogP contribution in [0.15, 0.2) is 41.8 Å². The minimum Gasteiger partial charge on any atom is -0.290 e. The Hall–Kier alpha value is -1.37. The second kappa shape index (κ2) is 6.74. The Bertz CT molecular complexity index is 797. The third-order valence-electron chi connectivity index (χ3n) is 4.45. The molecule has 1 heterocycles. The third-order valence-corrected chi connectivity index (χ3v) is 7.00. The van der Waals surface area contributed by atoms with E-state index < -0.39 is 33.2 Å². The summed E-state index contributed by atoms with van der Waals surface area (Å²) in [5, 5.41) is 1.83. The van der Waals surface area contributed by atoms with Crippen molar-refractivity contribution in [3.05, 3.63) is 57.8 Å². The molecule has 1 unspecified atom stereocenters. The zero-order chi connectivity index (χ0) is 18.2. The monoisotopic (exact) mass is 379 g/mol. The zero-order valence-corrected chi connectivity index (χ0v) is 16.2. The van der Waals surface area contributed by atoms with E-state index in [2.05, 4.69) is 4.72 Å². The number of rotatable bonds is 4. The van der Waals surface area contributed by atoms with E-state index in [0.717, 1.165) is 4.88 Å². The summed E-state index contributed by atoms with van der Waals surface area (Å²) in [6, 6.07) is 9.73. The number of hydrogen-bond donors (Lipinski definition) is 1. The van der Waals surface area contributed by atoms with E-state index in [-0.39, 0.29) is 6.42 Å². The fourth-order valence-electron chi connectivity index (χ4n) is 3.00. The van der Waals surface area contributed by atoms with Crippen molar-refractivity contribution in [3.8, 4) is 0 Å². The first-order valence-corrected chi connectivity index (χ1v) is 10.3. The Labute approximate surface area is 154 Å². The quantitative estimate of drug-likeness (QED) is 0.857. The van der Waals surface area contributed by atoms with Gasteiger partial charge in [-0.25, -0.2) is 13.3 Å². The van der Waals surface area contributed by atoms with Crippen LogP contribution in [0.5, 0.6) is 0 Å². The predicted octanol–water partition coefficient (Wildman–Crippen LogP) is 4.38. The van der Waals surface area contributed by atoms with E-state index in [0.29, 0.717) is 17.5 Å². The van der Waals surface area contributed by atoms with Crippen molar-refractivity contribution in [1.82, 2.24) is 4.72 Å². The van der Waals surface area contributed by atoms with Gasteiger partial charge in [-0.2, -0.15) is 0 Å². The Balaban J connectivity index is 2.03. The van der Waals surface area contributed by atoms with Gasteiger partial charge in [-0.05, 0) is 50.6 Å². The Morgan fingerprint density at radius 3 is 2.56 bits per heavy atom. The maximum Gasteiger partial charge on any atom is 0.203 e. The molecule has 1 aromatic carbocycles. The van der Waals surface area contributed by atoms with Gasteiger partial charge in [0.25, 0.3) is 0 Å². The maximum atomic E-state index is 16.1. The molecule has 0 aliphatic heterocycles. The van der Waals surface area contributed by atoms with Crippen LogP contribution in [-0.4, -0.2) is 20.4 Å². The Morgan fingerprint density at radius 2 is 1.92 bits per heavy atom. The number of aryl methyl sites for hydroxylation is 1. The van der Waals surface area contributed by atoms with Crippen LogP contribution in [0.25, 0.3) is 0 Å². The lowest BCUT2D eigenvalue weighted by molar-refractivity contribution is 0.0536. The minimum atomic E-state index is -2.11. The molecule has 3 nitrogen and oxygen atoms in total. The number of carbonyl (C=O) groups excluding carboxylic acids is 1. The summed E-state index contributed by atoms with van der Waals surface area (Å²) in [4.78, 5) is 13.9. The molecule has 0 spiro atoms. The van der Waals surface area contributed by atoms with Gasteiger partial charge in [-0.15, -0.1) is 11.3 Å². The fraction of sp³-hybridized carbons (Fsp3) is 0.421. The first-order chi connectivity index (χ1) is 11.7. The summed E-state index contributed by atoms with van der Waals surface area (Å²) in [6.07, 6.45) is 0.607. The number of Topliss-reactive ketones (excluding diaryl/α,β-unsaturated/α-hetero) is 1. The molecule has 0 bridgehead atoms. The summed E-state index contributed by atoms with van der Waals surface area (Å²) in [7, 11) is -1.50. The van der Waals surface area contributed by atoms with Crippen molar-refractivity contribution in [2.75, 3.05) is 0 Å². The standard InChI is InChI=1S/C19H22FNO2S2/c1-18(2,3)25(23)21-16(13-7-5-4-6-8-13)19(20)11-9-15-14(17(19)22)10-12-24-15/h4-8,10,12,16,21H,9,11H2,1-3H3/t16-,19+,25?/m1/s1. The molecule has 0 radical (unpaired) electrons. The first-order valence-electron chi connectivity index (χ1n) is 8.26. The lowest BCUT2D eigenvalue weighted by Crippen LogP contribution is -2.51. The van der Waals surface area contributed by atoms with Gasteiger partial charge in [0.2, 0.25) is 5.78 Å². The highest BCUT2D eigenvalue weighted by Crippen LogP contribution is 2.42. The summed E-state index contributed by atoms with van der Waals surface area (Å²) in [5.41, 5.74) is -1.02. The highest BCUT2D eigenvalue weighted by Gasteiger charge is 2.51. The molecule has 6 heteroatoms. The van der Waals surface area contributed by atoms with Crippen molar-refractivity contribution in [2.45, 2.75) is 50.1 Å². The summed E-state index contributed by atoms with van der Waals surface area (Å²) in [5.74, 6) is -0.512. The number of ketones is 1. The van der Waals surface area contributed by atoms with Gasteiger partial charge in [0.15, 0.2) is 5.67 Å². The van der Waals surface area contributed by atoms with Crippen LogP contribution < -0.4 is 4.72 Å². The number of halogens is 1. The SMILES string of the molecule is CC(C)(C)S(=O)N[C@H](c1ccccc1)[C@@]1(F)CCc2sccc2C1=O. The molecule has 1 aliphatic rings. The number of benzene rings is 1. The third kappa shape index (κ3) is 3.48. The summed E-state index contributed by atoms with van der Waals surface area (Å²) in [6.45, 7) is 5.47. The molecule has 25 heavy (non-hydrogen) atoms. The van der Waals surface area contributed by atoms with E-state index in [9.17, 15) is 9.00 Å². The van der Waals surface area contributed by atoms with Gasteiger partial charge in [-0.1, -0.05) is 30.3 Å². The highest BCUT2D eigenvalue weighted by molar-refractivity contribution is 7.84. The summed E-state index contributed by atoms with van der Waals surface area (Å²) < 4.78 is 31.1. The average molecular weight is 380 g/mol. The zero-order valence-electron chi connectivity index (χ0n) is 14.5. The van der Waals surface area contributed by atoms with E-state index >= 15 is 4.39 Å². The van der Waals surface area contributed by atoms with Crippen molar-refractivity contribution in [3.63, 3.8) is 0 Å². The second-order valence-corrected chi connectivity index (χ2v) is 10.3. The minimum absolute atomic E-state index is 0.0905. The molecular formula is C19H22FNO2S2. The van der Waals surface area contributed by atoms with Crippen LogP contribution in [0, 0.1) is 0 Å². The second-order valence-electron chi connectivity index (χ2n) is 7.29. The van der Waals surface area contributed by atoms with Crippen molar-refractivity contribution in [1.29, 1.82) is 0 Å². The van der Waals surface area contributed by atoms with Crippen LogP contribution in [0.2, 0.25) is 0 Å². The van der Waals surface area contributed by atoms with Gasteiger partial charge < -0.3 is 0 Å². The molecule has 0 saturated carbocycles. The number of nitrogens with one attached hydrogen (secondary N) is 1. The van der Waals surface area contributed by atoms with Crippen molar-refractivity contribution in [2.24, 2.45) is 0 Å². The van der Waals surface area contributed by atoms with Gasteiger partial charge in [0, 0.05) is 10.4 Å². The van der Waals surface area contributed by atoms with Crippen LogP contribution in [0.4, 0.5) is 4.39 Å². The average Bonchev–Trinajstić information content (AvgIpc) is 3.05. The molecular weight excluding hydrogens is 357 g/mol. The highest BCUT2D eigenvalue weighted by atomic mass is 32.2. The topological polar surface area (TPSA) is 46.2 Å². The Morgan fingerprint density at radius 1 is 1.24 bits per heavy atom. The molecule has 0 fully saturated rings. The first kappa shape index (κ1) is 18.4. The van der Waals surface area contributed by atoms with Gasteiger partial charge in [0.1, 0.15) is 0 Å². The number of thiophene rings is 1. The van der Waals surface area contributed by atoms with Gasteiger partial charge in [-0.3, -0.25) is 4.79 Å². The fourth-order valence-corrected chi connectivity index (χ4v) is 4.77. The smallest absolute Gasteiger partial charge is 0.203 e. The maximum absolute atomic E-state index is 16.1. The molecule has 2 aromatic rings. The van der Waals surface area contributed by atoms with Gasteiger partial charge in [0.05, 0.1) is 21.8 Å². The molecule has 3 atom stereocenters. The Kier molecular flexibility index (Phi) is 4.97. The van der Waals surface area contributed by atoms with E-state index in [1.807, 2.05) is 32.2 Å². The number of hydrogen-bond acceptors (Lipinski definition) is 3. The van der Waals surface area contributed by atoms with E-state index in [4.69, 9.17) is 0 Å². The van der Waals surface area contributed by atoms with Crippen LogP contribution in [-0.2, 0) is 17.4 Å². The molecule has 3 rings (SSSR count). The molecule has 1 aromatic heterocycles. The van der Waals surface area contributed by atoms with Gasteiger partial charge >= 0.3 is 0 Å². The molecule has 0 amide bonds. The normalized spacial score (nSPS) is 23.1. The number of fused-ring (bicyclic) bond motifs is 1. The summed E-state index contributed by atoms with van der Waals surface area (Å²) >= 11 is 1.49. The van der Waals surface area contributed by atoms with Crippen molar-refractivity contribution >= 4 is 28.1 Å². The van der Waals surface area contributed by atoms with Crippen LogP contribution in [0.3, 0.4) is 0 Å². The van der Waals surface area contributed by atoms with Crippen molar-refractivity contribution < 1.29 is 13.4 Å². The number of alkyl halides is 1. The lowest BCUT2D eigenvalue weighted by Gasteiger charge is -2.37. The molecule has 1 aliphatic carbocycles. The van der Waals surface area contributed by atoms with E-state index in [1.54, 1.807) is 30.3 Å². The largest absolute Gasteiger partial charge is 0.290 e. The molecule has 134 valence electrons. The molecule has 0 saturated heterocycles. The van der Waals surface area contributed by atoms with Crippen LogP contribution >= 0.6 is 11.3 Å². The molecule has 1 N–H and O–H groups in total. The lowest BCUT2D eigenvalue weighted by atomic mass is 9.77. The predicted molar refractivity (Wildman–Crippen MR) is 101 cm³/mol. The van der Waals surface area contributed by atoms with E-state index in [1.165, 1.54) is 11.3 Å². The van der Waals surface area contributed by atoms with Crippen LogP contribution in [0.1, 0.15) is 54.0 Å². The number of carbonyl (C=O) groups is 1.